The molecule has 0 radical (unpaired) electrons. The number of hydrogen-bond donors (Lipinski definition) is 5. The zero-order chi connectivity index (χ0) is 70.9. The van der Waals surface area contributed by atoms with Gasteiger partial charge in [-0.3, -0.25) is 29.5 Å². The van der Waals surface area contributed by atoms with E-state index in [1.165, 1.54) is 31.2 Å². The number of nitrogens with one attached hydrogen (secondary N) is 4. The highest BCUT2D eigenvalue weighted by Crippen LogP contribution is 2.42. The fourth-order valence-corrected chi connectivity index (χ4v) is 11.6. The molecular formula is C65H74F10N12O10. The van der Waals surface area contributed by atoms with E-state index in [9.17, 15) is 50.7 Å². The van der Waals surface area contributed by atoms with Crippen molar-refractivity contribution >= 4 is 41.7 Å². The molecule has 3 aliphatic rings. The normalized spacial score (nSPS) is 17.9. The number of ether oxygens (including phenoxy) is 4. The van der Waals surface area contributed by atoms with Gasteiger partial charge in [-0.15, -0.1) is 0 Å². The van der Waals surface area contributed by atoms with Gasteiger partial charge in [-0.2, -0.15) is 40.2 Å². The summed E-state index contributed by atoms with van der Waals surface area (Å²) < 4.78 is 171. The van der Waals surface area contributed by atoms with Crippen LogP contribution in [0.5, 0.6) is 0 Å². The molecule has 3 unspecified atom stereocenters. The van der Waals surface area contributed by atoms with Gasteiger partial charge >= 0.3 is 37.1 Å². The van der Waals surface area contributed by atoms with Gasteiger partial charge in [0.1, 0.15) is 29.8 Å². The number of hydrazine groups is 1. The van der Waals surface area contributed by atoms with Crippen molar-refractivity contribution in [3.63, 3.8) is 0 Å². The molecule has 2 aromatic heterocycles. The van der Waals surface area contributed by atoms with Gasteiger partial charge in [0.25, 0.3) is 5.91 Å². The SMILES string of the molecule is COC(=O)N[C@H](C(=O)N[C@@H](Cc1ccc(C#Cc2cnc(N3CC4CCC(C3)N4C3COC3)nc2)cc1)[C@H](CN(Cc1c(F)cc(-c2ccn(C(F)F)n2)cc1F)NC(=O)[C@@H](NC(=O)OC)C(C)(C)C(F)(F)F)OC(=O)CC(C)C(=O)[C@@H](N)Cc1ccccc1)C(C)(C)C(F)(F)F. The zero-order valence-electron chi connectivity index (χ0n) is 53.8. The van der Waals surface area contributed by atoms with Crippen molar-refractivity contribution in [2.45, 2.75) is 141 Å². The molecule has 3 aliphatic heterocycles. The number of anilines is 1. The number of esters is 1. The third-order valence-electron chi connectivity index (χ3n) is 17.5. The molecule has 524 valence electrons. The summed E-state index contributed by atoms with van der Waals surface area (Å²) in [7, 11) is 1.56. The lowest BCUT2D eigenvalue weighted by Gasteiger charge is -2.47. The maximum Gasteiger partial charge on any atom is 0.407 e. The van der Waals surface area contributed by atoms with Crippen molar-refractivity contribution in [2.75, 3.05) is 52.0 Å². The molecule has 8 rings (SSSR count). The quantitative estimate of drug-likeness (QED) is 0.0117. The molecule has 5 heterocycles. The monoisotopic (exact) mass is 1370 g/mol. The highest BCUT2D eigenvalue weighted by molar-refractivity contribution is 5.90. The van der Waals surface area contributed by atoms with Crippen LogP contribution in [0.2, 0.25) is 0 Å². The van der Waals surface area contributed by atoms with Gasteiger partial charge in [0.15, 0.2) is 5.78 Å². The van der Waals surface area contributed by atoms with Gasteiger partial charge in [0.2, 0.25) is 11.9 Å². The second-order valence-electron chi connectivity index (χ2n) is 25.1. The largest absolute Gasteiger partial charge is 0.459 e. The van der Waals surface area contributed by atoms with Crippen LogP contribution in [-0.2, 0) is 57.5 Å². The molecule has 0 saturated carbocycles. The number of methoxy groups -OCH3 is 2. The average Bonchev–Trinajstić information content (AvgIpc) is 1.21. The third-order valence-corrected chi connectivity index (χ3v) is 17.5. The van der Waals surface area contributed by atoms with Gasteiger partial charge in [-0.05, 0) is 94.8 Å². The van der Waals surface area contributed by atoms with Gasteiger partial charge in [0.05, 0.1) is 80.6 Å². The Labute approximate surface area is 551 Å². The van der Waals surface area contributed by atoms with Crippen molar-refractivity contribution in [2.24, 2.45) is 22.5 Å². The van der Waals surface area contributed by atoms with Crippen LogP contribution in [0.15, 0.2) is 91.4 Å². The first-order valence-electron chi connectivity index (χ1n) is 30.7. The Morgan fingerprint density at radius 2 is 1.28 bits per heavy atom. The van der Waals surface area contributed by atoms with Crippen molar-refractivity contribution in [3.8, 4) is 23.1 Å². The van der Waals surface area contributed by atoms with Gasteiger partial charge in [-0.1, -0.05) is 61.2 Å². The summed E-state index contributed by atoms with van der Waals surface area (Å²) in [5.74, 6) is -3.13. The van der Waals surface area contributed by atoms with Crippen LogP contribution in [0.4, 0.5) is 59.4 Å². The van der Waals surface area contributed by atoms with Crippen LogP contribution in [0.25, 0.3) is 11.3 Å². The number of alkyl carbamates (subject to hydrolysis) is 2. The Hall–Kier alpha value is -8.93. The number of halogens is 10. The van der Waals surface area contributed by atoms with E-state index in [4.69, 9.17) is 15.2 Å². The van der Waals surface area contributed by atoms with Crippen molar-refractivity contribution < 1.29 is 91.6 Å². The number of benzene rings is 3. The van der Waals surface area contributed by atoms with E-state index in [-0.39, 0.29) is 22.4 Å². The summed E-state index contributed by atoms with van der Waals surface area (Å²) in [5.41, 5.74) is 1.88. The van der Waals surface area contributed by atoms with Crippen LogP contribution in [-0.4, -0.2) is 173 Å². The first-order valence-corrected chi connectivity index (χ1v) is 30.7. The lowest BCUT2D eigenvalue weighted by molar-refractivity contribution is -0.221. The lowest BCUT2D eigenvalue weighted by atomic mass is 9.82. The van der Waals surface area contributed by atoms with Crippen molar-refractivity contribution in [3.05, 3.63) is 131 Å². The molecule has 3 fully saturated rings. The van der Waals surface area contributed by atoms with Crippen molar-refractivity contribution in [1.29, 1.82) is 0 Å². The Morgan fingerprint density at radius 1 is 0.732 bits per heavy atom. The summed E-state index contributed by atoms with van der Waals surface area (Å²) in [6.45, 7) is 0.710. The average molecular weight is 1370 g/mol. The number of rotatable bonds is 26. The molecule has 6 N–H and O–H groups in total. The number of carbonyl (C=O) groups is 6. The van der Waals surface area contributed by atoms with Gasteiger partial charge in [-0.25, -0.2) is 38.0 Å². The number of alkyl halides is 8. The van der Waals surface area contributed by atoms with E-state index < -0.39 is 150 Å². The minimum Gasteiger partial charge on any atom is -0.459 e. The van der Waals surface area contributed by atoms with E-state index >= 15 is 22.0 Å². The topological polar surface area (TPSA) is 267 Å². The number of amides is 4. The predicted molar refractivity (Wildman–Crippen MR) is 328 cm³/mol. The Bertz CT molecular complexity index is 3620. The van der Waals surface area contributed by atoms with E-state index in [1.807, 2.05) is 5.32 Å². The number of carbonyl (C=O) groups excluding carboxylic acids is 6. The summed E-state index contributed by atoms with van der Waals surface area (Å²) in [5, 5.41) is 10.2. The van der Waals surface area contributed by atoms with Crippen LogP contribution in [0, 0.1) is 40.2 Å². The molecule has 3 saturated heterocycles. The second-order valence-corrected chi connectivity index (χ2v) is 25.1. The van der Waals surface area contributed by atoms with Crippen LogP contribution < -0.4 is 32.0 Å². The number of fused-ring (bicyclic) bond motifs is 2. The number of nitrogens with two attached hydrogens (primary N) is 1. The molecule has 22 nitrogen and oxygen atoms in total. The summed E-state index contributed by atoms with van der Waals surface area (Å²) in [6, 6.07) is 9.34. The highest BCUT2D eigenvalue weighted by Gasteiger charge is 2.58. The maximum atomic E-state index is 16.6. The minimum absolute atomic E-state index is 0.00549. The molecule has 4 amide bonds. The van der Waals surface area contributed by atoms with Crippen molar-refractivity contribution in [1.82, 2.24) is 51.0 Å². The minimum atomic E-state index is -5.32. The standard InChI is InChI=1S/C65H74F10N12O10/c1-36(53(89)48(76)24-38-11-9-8-10-12-38)23-52(88)97-51(33-85(83-57(91)55(81-61(93)95-7)63(4,5)65(73,74)75)32-45-46(66)26-41(27-47(45)67)49-21-22-86(82-49)58(68)69)50(79-56(90)54(80-60(92)94-6)62(2,3)64(70,71)72)25-39-16-13-37(14-17-39)15-18-40-28-77-59(78-29-40)84-30-42-19-20-43(31-84)87(42)44-34-96-35-44/h8-14,16-17,21-22,26-29,36,42-44,48,50-51,54-55,58H,19-20,23-25,30-35,76H2,1-7H3,(H,79,90)(H,80,92)(H,81,93)(H,83,91)/t36?,42?,43?,48-,50-,51-,54+,55+/m0/s1. The molecule has 97 heavy (non-hydrogen) atoms. The van der Waals surface area contributed by atoms with Gasteiger partial charge in [0, 0.05) is 72.9 Å². The Balaban J connectivity index is 1.19. The number of nitrogens with zero attached hydrogens (tertiary/aromatic N) is 7. The third kappa shape index (κ3) is 18.2. The molecule has 0 aliphatic carbocycles. The van der Waals surface area contributed by atoms with E-state index in [2.05, 4.69) is 56.9 Å². The molecule has 2 bridgehead atoms. The molecule has 5 aromatic rings. The van der Waals surface area contributed by atoms with E-state index in [1.54, 1.807) is 48.0 Å². The molecule has 8 atom stereocenters. The summed E-state index contributed by atoms with van der Waals surface area (Å²) in [4.78, 5) is 97.1. The number of ketones is 1. The summed E-state index contributed by atoms with van der Waals surface area (Å²) in [6.07, 6.45) is -11.2. The molecular weight excluding hydrogens is 1300 g/mol. The van der Waals surface area contributed by atoms with Crippen LogP contribution in [0.1, 0.15) is 88.2 Å². The predicted octanol–water partition coefficient (Wildman–Crippen LogP) is 7.73. The second kappa shape index (κ2) is 31.1. The van der Waals surface area contributed by atoms with Crippen LogP contribution >= 0.6 is 0 Å². The fraction of sp³-hybridized carbons (Fsp3) is 0.492. The highest BCUT2D eigenvalue weighted by atomic mass is 19.4. The number of Topliss-reactive ketones (excluding diaryl/α,β-unsaturated/α-hetero) is 1. The summed E-state index contributed by atoms with van der Waals surface area (Å²) >= 11 is 0. The molecule has 3 aromatic carbocycles. The molecule has 0 spiro atoms. The number of hydrogen-bond acceptors (Lipinski definition) is 17. The maximum absolute atomic E-state index is 16.6. The Kier molecular flexibility index (Phi) is 23.7. The smallest absolute Gasteiger partial charge is 0.407 e. The lowest BCUT2D eigenvalue weighted by Crippen LogP contribution is -2.64. The van der Waals surface area contributed by atoms with Gasteiger partial charge < -0.3 is 45.5 Å². The van der Waals surface area contributed by atoms with Crippen LogP contribution in [0.3, 0.4) is 0 Å². The molecule has 32 heteroatoms. The first-order chi connectivity index (χ1) is 45.7. The number of aromatic nitrogens is 4. The number of piperazine rings is 1. The first kappa shape index (κ1) is 73.9. The zero-order valence-corrected chi connectivity index (χ0v) is 53.8. The fourth-order valence-electron chi connectivity index (χ4n) is 11.6. The van der Waals surface area contributed by atoms with E-state index in [0.717, 1.165) is 52.4 Å². The Morgan fingerprint density at radius 3 is 1.79 bits per heavy atom. The van der Waals surface area contributed by atoms with E-state index in [0.29, 0.717) is 98.8 Å².